The Bertz CT molecular complexity index is 1290. The molecule has 0 radical (unpaired) electrons. The fourth-order valence-corrected chi connectivity index (χ4v) is 5.12. The third kappa shape index (κ3) is 5.72. The highest BCUT2D eigenvalue weighted by Gasteiger charge is 2.32. The summed E-state index contributed by atoms with van der Waals surface area (Å²) >= 11 is 0. The first kappa shape index (κ1) is 24.5. The third-order valence-electron chi connectivity index (χ3n) is 5.62. The van der Waals surface area contributed by atoms with E-state index in [9.17, 15) is 18.0 Å². The van der Waals surface area contributed by atoms with E-state index in [0.717, 1.165) is 15.9 Å². The van der Waals surface area contributed by atoms with Crippen molar-refractivity contribution >= 4 is 21.9 Å². The van der Waals surface area contributed by atoms with Crippen LogP contribution in [-0.4, -0.2) is 82.0 Å². The summed E-state index contributed by atoms with van der Waals surface area (Å²) in [5.74, 6) is -0.684. The number of carbonyl (C=O) groups is 2. The number of esters is 1. The van der Waals surface area contributed by atoms with E-state index in [4.69, 9.17) is 4.74 Å². The van der Waals surface area contributed by atoms with Crippen molar-refractivity contribution in [1.29, 1.82) is 0 Å². The van der Waals surface area contributed by atoms with Gasteiger partial charge >= 0.3 is 5.97 Å². The Kier molecular flexibility index (Phi) is 7.22. The summed E-state index contributed by atoms with van der Waals surface area (Å²) in [6.45, 7) is 3.90. The molecule has 1 aromatic heterocycles. The van der Waals surface area contributed by atoms with Crippen molar-refractivity contribution in [2.24, 2.45) is 0 Å². The Morgan fingerprint density at radius 1 is 1.00 bits per heavy atom. The van der Waals surface area contributed by atoms with Gasteiger partial charge < -0.3 is 9.64 Å². The molecule has 35 heavy (non-hydrogen) atoms. The summed E-state index contributed by atoms with van der Waals surface area (Å²) in [4.78, 5) is 27.9. The quantitative estimate of drug-likeness (QED) is 0.443. The molecule has 12 heteroatoms. The fourth-order valence-electron chi connectivity index (χ4n) is 3.68. The zero-order valence-corrected chi connectivity index (χ0v) is 20.3. The highest BCUT2D eigenvalue weighted by Crippen LogP contribution is 2.18. The van der Waals surface area contributed by atoms with E-state index < -0.39 is 22.1 Å². The van der Waals surface area contributed by atoms with E-state index in [-0.39, 0.29) is 43.5 Å². The first-order valence-electron chi connectivity index (χ1n) is 11.1. The molecule has 1 saturated heterocycles. The van der Waals surface area contributed by atoms with Crippen LogP contribution in [0.5, 0.6) is 0 Å². The lowest BCUT2D eigenvalue weighted by Crippen LogP contribution is -2.53. The highest BCUT2D eigenvalue weighted by atomic mass is 32.2. The molecule has 0 aliphatic carbocycles. The lowest BCUT2D eigenvalue weighted by Gasteiger charge is -2.35. The van der Waals surface area contributed by atoms with Crippen LogP contribution in [0.1, 0.15) is 12.5 Å². The topological polar surface area (TPSA) is 128 Å². The Morgan fingerprint density at radius 2 is 1.66 bits per heavy atom. The van der Waals surface area contributed by atoms with Crippen molar-refractivity contribution in [2.45, 2.75) is 31.4 Å². The number of piperazine rings is 1. The molecule has 184 valence electrons. The van der Waals surface area contributed by atoms with Crippen molar-refractivity contribution < 1.29 is 22.7 Å². The van der Waals surface area contributed by atoms with Gasteiger partial charge in [0.15, 0.2) is 12.6 Å². The molecule has 11 nitrogen and oxygen atoms in total. The molecule has 1 atom stereocenters. The summed E-state index contributed by atoms with van der Waals surface area (Å²) in [5.41, 5.74) is 1.87. The van der Waals surface area contributed by atoms with Gasteiger partial charge in [0.05, 0.1) is 4.90 Å². The van der Waals surface area contributed by atoms with Crippen molar-refractivity contribution in [3.63, 3.8) is 0 Å². The minimum Gasteiger partial charge on any atom is -0.451 e. The monoisotopic (exact) mass is 498 g/mol. The number of aryl methyl sites for hydroxylation is 1. The Morgan fingerprint density at radius 3 is 2.31 bits per heavy atom. The average molecular weight is 499 g/mol. The van der Waals surface area contributed by atoms with E-state index >= 15 is 0 Å². The summed E-state index contributed by atoms with van der Waals surface area (Å²) in [7, 11) is -3.62. The van der Waals surface area contributed by atoms with Crippen LogP contribution < -0.4 is 0 Å². The number of tetrazole rings is 1. The summed E-state index contributed by atoms with van der Waals surface area (Å²) in [6.07, 6.45) is -1.03. The number of hydrogen-bond donors (Lipinski definition) is 0. The fraction of sp³-hybridized carbons (Fsp3) is 0.348. The minimum atomic E-state index is -3.62. The van der Waals surface area contributed by atoms with E-state index in [1.54, 1.807) is 30.3 Å². The van der Waals surface area contributed by atoms with Gasteiger partial charge in [-0.05, 0) is 31.2 Å². The number of amides is 1. The molecule has 4 rings (SSSR count). The lowest BCUT2D eigenvalue weighted by molar-refractivity contribution is -0.160. The number of carbonyl (C=O) groups excluding carboxylic acids is 2. The van der Waals surface area contributed by atoms with Gasteiger partial charge in [-0.25, -0.2) is 13.2 Å². The van der Waals surface area contributed by atoms with Crippen LogP contribution in [0.25, 0.3) is 11.4 Å². The van der Waals surface area contributed by atoms with Crippen LogP contribution in [0, 0.1) is 6.92 Å². The van der Waals surface area contributed by atoms with Crippen molar-refractivity contribution in [3.8, 4) is 11.4 Å². The lowest BCUT2D eigenvalue weighted by atomic mass is 10.1. The van der Waals surface area contributed by atoms with E-state index in [1.807, 2.05) is 31.2 Å². The van der Waals surface area contributed by atoms with Crippen molar-refractivity contribution in [2.75, 3.05) is 26.2 Å². The Labute approximate surface area is 203 Å². The first-order valence-corrected chi connectivity index (χ1v) is 12.6. The molecule has 0 spiro atoms. The summed E-state index contributed by atoms with van der Waals surface area (Å²) in [5, 5.41) is 12.0. The molecule has 1 amide bonds. The second kappa shape index (κ2) is 10.3. The molecule has 1 fully saturated rings. The molecule has 1 aliphatic rings. The summed E-state index contributed by atoms with van der Waals surface area (Å²) < 4.78 is 32.1. The number of ether oxygens (including phenoxy) is 1. The molecule has 2 aromatic carbocycles. The Hall–Kier alpha value is -3.64. The molecule has 2 heterocycles. The second-order valence-electron chi connectivity index (χ2n) is 8.18. The van der Waals surface area contributed by atoms with Crippen molar-refractivity contribution in [1.82, 2.24) is 29.4 Å². The van der Waals surface area contributed by atoms with Gasteiger partial charge in [0.1, 0.15) is 0 Å². The van der Waals surface area contributed by atoms with E-state index in [0.29, 0.717) is 5.82 Å². The number of aromatic nitrogens is 4. The van der Waals surface area contributed by atoms with Gasteiger partial charge in [-0.1, -0.05) is 48.0 Å². The van der Waals surface area contributed by atoms with Crippen LogP contribution in [0.2, 0.25) is 0 Å². The standard InChI is InChI=1S/C23H26N6O5S/c1-17-8-10-19(11-9-17)22-24-26-29(25-22)16-21(30)34-18(2)23(31)27-12-14-28(15-13-27)35(32,33)20-6-4-3-5-7-20/h3-11,18H,12-16H2,1-2H3. The average Bonchev–Trinajstić information content (AvgIpc) is 3.32. The maximum Gasteiger partial charge on any atom is 0.330 e. The van der Waals surface area contributed by atoms with Gasteiger partial charge in [0.2, 0.25) is 15.8 Å². The van der Waals surface area contributed by atoms with Gasteiger partial charge in [-0.15, -0.1) is 10.2 Å². The number of benzene rings is 2. The maximum absolute atomic E-state index is 12.8. The largest absolute Gasteiger partial charge is 0.451 e. The molecule has 1 aliphatic heterocycles. The number of nitrogens with zero attached hydrogens (tertiary/aromatic N) is 6. The van der Waals surface area contributed by atoms with Gasteiger partial charge in [-0.3, -0.25) is 4.79 Å². The number of sulfonamides is 1. The first-order chi connectivity index (χ1) is 16.7. The zero-order valence-electron chi connectivity index (χ0n) is 19.4. The van der Waals surface area contributed by atoms with E-state index in [1.165, 1.54) is 16.1 Å². The minimum absolute atomic E-state index is 0.161. The molecular formula is C23H26N6O5S. The van der Waals surface area contributed by atoms with Crippen LogP contribution in [0.3, 0.4) is 0 Å². The van der Waals surface area contributed by atoms with Crippen LogP contribution in [0.15, 0.2) is 59.5 Å². The Balaban J connectivity index is 1.28. The second-order valence-corrected chi connectivity index (χ2v) is 10.1. The third-order valence-corrected chi connectivity index (χ3v) is 7.53. The molecule has 1 unspecified atom stereocenters. The van der Waals surface area contributed by atoms with Crippen LogP contribution in [-0.2, 0) is 30.9 Å². The van der Waals surface area contributed by atoms with Crippen molar-refractivity contribution in [3.05, 3.63) is 60.2 Å². The molecule has 0 saturated carbocycles. The SMILES string of the molecule is Cc1ccc(-c2nnn(CC(=O)OC(C)C(=O)N3CCN(S(=O)(=O)c4ccccc4)CC3)n2)cc1. The number of hydrogen-bond acceptors (Lipinski definition) is 8. The van der Waals surface area contributed by atoms with Gasteiger partial charge in [0.25, 0.3) is 5.91 Å². The number of rotatable bonds is 7. The molecule has 0 bridgehead atoms. The zero-order chi connectivity index (χ0) is 25.0. The molecule has 0 N–H and O–H groups in total. The van der Waals surface area contributed by atoms with Gasteiger partial charge in [0, 0.05) is 31.7 Å². The van der Waals surface area contributed by atoms with Gasteiger partial charge in [-0.2, -0.15) is 9.10 Å². The normalized spacial score (nSPS) is 15.5. The predicted octanol–water partition coefficient (Wildman–Crippen LogP) is 1.11. The molecule has 3 aromatic rings. The van der Waals surface area contributed by atoms with Crippen LogP contribution in [0.4, 0.5) is 0 Å². The summed E-state index contributed by atoms with van der Waals surface area (Å²) in [6, 6.07) is 15.7. The highest BCUT2D eigenvalue weighted by molar-refractivity contribution is 7.89. The maximum atomic E-state index is 12.8. The predicted molar refractivity (Wildman–Crippen MR) is 125 cm³/mol. The molecular weight excluding hydrogens is 472 g/mol. The van der Waals surface area contributed by atoms with Crippen LogP contribution >= 0.6 is 0 Å². The van der Waals surface area contributed by atoms with E-state index in [2.05, 4.69) is 15.4 Å². The smallest absolute Gasteiger partial charge is 0.330 e.